The average Bonchev–Trinajstić information content (AvgIpc) is 3.20. The lowest BCUT2D eigenvalue weighted by Crippen LogP contribution is -2.46. The predicted molar refractivity (Wildman–Crippen MR) is 98.7 cm³/mol. The number of carboxylic acids is 1. The van der Waals surface area contributed by atoms with Gasteiger partial charge in [0.2, 0.25) is 0 Å². The van der Waals surface area contributed by atoms with E-state index in [0.717, 1.165) is 0 Å². The minimum atomic E-state index is -0.891. The van der Waals surface area contributed by atoms with Crippen LogP contribution in [0.25, 0.3) is 0 Å². The van der Waals surface area contributed by atoms with Crippen LogP contribution in [-0.4, -0.2) is 47.9 Å². The SMILES string of the molecule is CC1CC(C(=O)O)CN(C(=O)c2ccccc2N(C)C(=O)c2ccco2)C1. The molecule has 7 heteroatoms. The van der Waals surface area contributed by atoms with Crippen LogP contribution in [0.5, 0.6) is 0 Å². The van der Waals surface area contributed by atoms with Crippen molar-refractivity contribution in [3.8, 4) is 0 Å². The first kappa shape index (κ1) is 18.7. The zero-order valence-electron chi connectivity index (χ0n) is 15.3. The lowest BCUT2D eigenvalue weighted by molar-refractivity contribution is -0.143. The normalized spacial score (nSPS) is 19.6. The highest BCUT2D eigenvalue weighted by Gasteiger charge is 2.33. The molecule has 1 fully saturated rings. The number of benzene rings is 1. The van der Waals surface area contributed by atoms with Gasteiger partial charge in [-0.05, 0) is 36.6 Å². The van der Waals surface area contributed by atoms with Gasteiger partial charge in [0.15, 0.2) is 5.76 Å². The topological polar surface area (TPSA) is 91.1 Å². The molecule has 7 nitrogen and oxygen atoms in total. The summed E-state index contributed by atoms with van der Waals surface area (Å²) < 4.78 is 5.16. The van der Waals surface area contributed by atoms with Crippen LogP contribution in [0.2, 0.25) is 0 Å². The monoisotopic (exact) mass is 370 g/mol. The first-order valence-corrected chi connectivity index (χ1v) is 8.81. The van der Waals surface area contributed by atoms with Crippen LogP contribution in [-0.2, 0) is 4.79 Å². The van der Waals surface area contributed by atoms with E-state index in [1.54, 1.807) is 48.3 Å². The third-order valence-corrected chi connectivity index (χ3v) is 4.83. The van der Waals surface area contributed by atoms with Gasteiger partial charge >= 0.3 is 5.97 Å². The number of rotatable bonds is 4. The lowest BCUT2D eigenvalue weighted by atomic mass is 9.90. The molecule has 142 valence electrons. The molecule has 1 N–H and O–H groups in total. The van der Waals surface area contributed by atoms with E-state index in [-0.39, 0.29) is 30.0 Å². The van der Waals surface area contributed by atoms with Gasteiger partial charge in [0.25, 0.3) is 11.8 Å². The third-order valence-electron chi connectivity index (χ3n) is 4.83. The highest BCUT2D eigenvalue weighted by molar-refractivity contribution is 6.09. The molecule has 2 aromatic rings. The predicted octanol–water partition coefficient (Wildman–Crippen LogP) is 2.74. The Morgan fingerprint density at radius 2 is 1.89 bits per heavy atom. The number of hydrogen-bond acceptors (Lipinski definition) is 4. The van der Waals surface area contributed by atoms with Crippen molar-refractivity contribution in [2.45, 2.75) is 13.3 Å². The van der Waals surface area contributed by atoms with Gasteiger partial charge in [-0.15, -0.1) is 0 Å². The quantitative estimate of drug-likeness (QED) is 0.894. The molecule has 1 aliphatic rings. The number of hydrogen-bond donors (Lipinski definition) is 1. The van der Waals surface area contributed by atoms with Gasteiger partial charge in [-0.1, -0.05) is 19.1 Å². The molecule has 3 rings (SSSR count). The Morgan fingerprint density at radius 3 is 2.56 bits per heavy atom. The summed E-state index contributed by atoms with van der Waals surface area (Å²) in [6.45, 7) is 2.60. The van der Waals surface area contributed by atoms with E-state index >= 15 is 0 Å². The van der Waals surface area contributed by atoms with Crippen molar-refractivity contribution in [1.29, 1.82) is 0 Å². The molecule has 1 saturated heterocycles. The molecule has 0 bridgehead atoms. The van der Waals surface area contributed by atoms with Crippen molar-refractivity contribution in [2.75, 3.05) is 25.0 Å². The maximum atomic E-state index is 13.1. The zero-order chi connectivity index (χ0) is 19.6. The lowest BCUT2D eigenvalue weighted by Gasteiger charge is -2.35. The Morgan fingerprint density at radius 1 is 1.15 bits per heavy atom. The molecule has 0 spiro atoms. The van der Waals surface area contributed by atoms with Crippen LogP contribution >= 0.6 is 0 Å². The van der Waals surface area contributed by atoms with Crippen molar-refractivity contribution in [2.24, 2.45) is 11.8 Å². The number of anilines is 1. The molecule has 0 radical (unpaired) electrons. The third kappa shape index (κ3) is 3.86. The molecule has 1 aliphatic heterocycles. The van der Waals surface area contributed by atoms with Crippen LogP contribution in [0.3, 0.4) is 0 Å². The van der Waals surface area contributed by atoms with Gasteiger partial charge in [0, 0.05) is 20.1 Å². The zero-order valence-corrected chi connectivity index (χ0v) is 15.3. The number of amides is 2. The van der Waals surface area contributed by atoms with Gasteiger partial charge in [-0.25, -0.2) is 0 Å². The Kier molecular flexibility index (Phi) is 5.30. The van der Waals surface area contributed by atoms with Gasteiger partial charge in [0.1, 0.15) is 0 Å². The molecule has 27 heavy (non-hydrogen) atoms. The number of piperidine rings is 1. The van der Waals surface area contributed by atoms with Gasteiger partial charge in [-0.2, -0.15) is 0 Å². The van der Waals surface area contributed by atoms with E-state index in [0.29, 0.717) is 24.2 Å². The van der Waals surface area contributed by atoms with E-state index in [4.69, 9.17) is 4.42 Å². The molecular weight excluding hydrogens is 348 g/mol. The van der Waals surface area contributed by atoms with Crippen LogP contribution in [0.15, 0.2) is 47.1 Å². The molecule has 0 aliphatic carbocycles. The maximum absolute atomic E-state index is 13.1. The molecule has 1 aromatic carbocycles. The largest absolute Gasteiger partial charge is 0.481 e. The van der Waals surface area contributed by atoms with Gasteiger partial charge < -0.3 is 19.3 Å². The number of para-hydroxylation sites is 1. The number of likely N-dealkylation sites (tertiary alicyclic amines) is 1. The van der Waals surface area contributed by atoms with Crippen LogP contribution < -0.4 is 4.90 Å². The van der Waals surface area contributed by atoms with Crippen LogP contribution in [0.1, 0.15) is 34.3 Å². The minimum absolute atomic E-state index is 0.0958. The number of aliphatic carboxylic acids is 1. The Bertz CT molecular complexity index is 846. The summed E-state index contributed by atoms with van der Waals surface area (Å²) in [5.41, 5.74) is 0.812. The van der Waals surface area contributed by atoms with E-state index in [1.807, 2.05) is 6.92 Å². The van der Waals surface area contributed by atoms with E-state index in [1.165, 1.54) is 11.2 Å². The molecule has 2 amide bonds. The number of carboxylic acid groups (broad SMARTS) is 1. The van der Waals surface area contributed by atoms with Gasteiger partial charge in [0.05, 0.1) is 23.4 Å². The summed E-state index contributed by atoms with van der Waals surface area (Å²) in [4.78, 5) is 40.0. The first-order valence-electron chi connectivity index (χ1n) is 8.81. The number of furan rings is 1. The molecule has 2 unspecified atom stereocenters. The second-order valence-corrected chi connectivity index (χ2v) is 6.94. The Balaban J connectivity index is 1.88. The fourth-order valence-electron chi connectivity index (χ4n) is 3.49. The smallest absolute Gasteiger partial charge is 0.308 e. The second-order valence-electron chi connectivity index (χ2n) is 6.94. The first-order chi connectivity index (χ1) is 12.9. The van der Waals surface area contributed by atoms with E-state index in [2.05, 4.69) is 0 Å². The Hall–Kier alpha value is -3.09. The van der Waals surface area contributed by atoms with E-state index < -0.39 is 11.9 Å². The summed E-state index contributed by atoms with van der Waals surface area (Å²) in [5.74, 6) is -1.83. The average molecular weight is 370 g/mol. The van der Waals surface area contributed by atoms with Crippen molar-refractivity contribution < 1.29 is 23.9 Å². The standard InChI is InChI=1S/C20H22N2O5/c1-13-10-14(20(25)26)12-22(11-13)18(23)15-6-3-4-7-16(15)21(2)19(24)17-8-5-9-27-17/h3-9,13-14H,10-12H2,1-2H3,(H,25,26). The highest BCUT2D eigenvalue weighted by Crippen LogP contribution is 2.27. The minimum Gasteiger partial charge on any atom is -0.481 e. The fourth-order valence-corrected chi connectivity index (χ4v) is 3.49. The van der Waals surface area contributed by atoms with Crippen LogP contribution in [0.4, 0.5) is 5.69 Å². The summed E-state index contributed by atoms with van der Waals surface area (Å²) in [6, 6.07) is 10.0. The van der Waals surface area contributed by atoms with Crippen molar-refractivity contribution in [1.82, 2.24) is 4.90 Å². The highest BCUT2D eigenvalue weighted by atomic mass is 16.4. The van der Waals surface area contributed by atoms with Crippen molar-refractivity contribution >= 4 is 23.5 Å². The summed E-state index contributed by atoms with van der Waals surface area (Å²) in [7, 11) is 1.58. The molecule has 0 saturated carbocycles. The van der Waals surface area contributed by atoms with Crippen molar-refractivity contribution in [3.63, 3.8) is 0 Å². The summed E-state index contributed by atoms with van der Waals surface area (Å²) in [6.07, 6.45) is 1.97. The van der Waals surface area contributed by atoms with E-state index in [9.17, 15) is 19.5 Å². The summed E-state index contributed by atoms with van der Waals surface area (Å²) in [5, 5.41) is 9.35. The molecule has 2 atom stereocenters. The molecular formula is C20H22N2O5. The maximum Gasteiger partial charge on any atom is 0.308 e. The number of carbonyl (C=O) groups is 3. The number of nitrogens with zero attached hydrogens (tertiary/aromatic N) is 2. The second kappa shape index (κ2) is 7.65. The molecule has 2 heterocycles. The summed E-state index contributed by atoms with van der Waals surface area (Å²) >= 11 is 0. The van der Waals surface area contributed by atoms with Gasteiger partial charge in [-0.3, -0.25) is 14.4 Å². The number of carbonyl (C=O) groups excluding carboxylic acids is 2. The molecule has 1 aromatic heterocycles. The Labute approximate surface area is 157 Å². The fraction of sp³-hybridized carbons (Fsp3) is 0.350. The van der Waals surface area contributed by atoms with Crippen molar-refractivity contribution in [3.05, 3.63) is 54.0 Å². The van der Waals surface area contributed by atoms with Crippen LogP contribution in [0, 0.1) is 11.8 Å².